The Bertz CT molecular complexity index is 2700. The lowest BCUT2D eigenvalue weighted by Gasteiger charge is -2.52. The van der Waals surface area contributed by atoms with E-state index in [1.54, 1.807) is 0 Å². The minimum absolute atomic E-state index is 0.267. The summed E-state index contributed by atoms with van der Waals surface area (Å²) in [4.78, 5) is 2.55. The van der Waals surface area contributed by atoms with Crippen molar-refractivity contribution in [2.45, 2.75) is 52.4 Å². The molecule has 4 heteroatoms. The predicted molar refractivity (Wildman–Crippen MR) is 223 cm³/mol. The summed E-state index contributed by atoms with van der Waals surface area (Å²) in [7, 11) is -3.15. The van der Waals surface area contributed by atoms with E-state index in [2.05, 4.69) is 174 Å². The van der Waals surface area contributed by atoms with Crippen LogP contribution in [0.25, 0.3) is 22.3 Å². The fourth-order valence-electron chi connectivity index (χ4n) is 11.1. The number of nitrogens with zero attached hydrogens (tertiary/aromatic N) is 1. The molecule has 0 N–H and O–H groups in total. The van der Waals surface area contributed by atoms with E-state index in [1.165, 1.54) is 82.2 Å². The quantitative estimate of drug-likeness (QED) is 0.167. The monoisotopic (exact) mass is 713 g/mol. The first-order chi connectivity index (χ1) is 26.1. The molecule has 260 valence electrons. The van der Waals surface area contributed by atoms with Crippen LogP contribution in [0.5, 0.6) is 23.0 Å². The normalized spacial score (nSPS) is 17.0. The van der Waals surface area contributed by atoms with Crippen molar-refractivity contribution in [2.24, 2.45) is 0 Å². The van der Waals surface area contributed by atoms with Crippen LogP contribution in [0.1, 0.15) is 61.1 Å². The standard InChI is InChI=1S/C50H39NO2Si/c1-28-20-22-30(23-21-28)51-38-26-34-32-16-10-12-18-36(32)49(3,4)42(34)44-46(38)54(31-14-8-7-9-15-31)47-39(51)27-35-33-17-11-13-19-37(33)50(5,6)43(35)45(47)53-41-25-29(2)24-40(52-44)48(41)54/h7-27H,1-6H3. The van der Waals surface area contributed by atoms with E-state index >= 15 is 0 Å². The third-order valence-electron chi connectivity index (χ3n) is 13.3. The molecule has 0 fully saturated rings. The van der Waals surface area contributed by atoms with Gasteiger partial charge in [-0.2, -0.15) is 0 Å². The van der Waals surface area contributed by atoms with Crippen LogP contribution in [0.2, 0.25) is 0 Å². The Labute approximate surface area is 317 Å². The van der Waals surface area contributed by atoms with Crippen LogP contribution in [0.4, 0.5) is 17.1 Å². The van der Waals surface area contributed by atoms with Crippen molar-refractivity contribution >= 4 is 45.9 Å². The van der Waals surface area contributed by atoms with E-state index in [0.29, 0.717) is 0 Å². The largest absolute Gasteiger partial charge is 0.457 e. The van der Waals surface area contributed by atoms with E-state index in [1.807, 2.05) is 0 Å². The zero-order valence-electron chi connectivity index (χ0n) is 31.4. The molecule has 0 unspecified atom stereocenters. The summed E-state index contributed by atoms with van der Waals surface area (Å²) in [6.07, 6.45) is 0. The van der Waals surface area contributed by atoms with Crippen LogP contribution < -0.4 is 35.1 Å². The molecule has 7 aromatic carbocycles. The average molecular weight is 714 g/mol. The first-order valence-electron chi connectivity index (χ1n) is 19.2. The van der Waals surface area contributed by atoms with E-state index in [9.17, 15) is 0 Å². The van der Waals surface area contributed by atoms with Gasteiger partial charge >= 0.3 is 0 Å². The van der Waals surface area contributed by atoms with Gasteiger partial charge < -0.3 is 14.4 Å². The number of aryl methyl sites for hydroxylation is 2. The second-order valence-electron chi connectivity index (χ2n) is 17.0. The first-order valence-corrected chi connectivity index (χ1v) is 21.2. The molecule has 0 saturated carbocycles. The minimum atomic E-state index is -3.15. The third kappa shape index (κ3) is 3.41. The van der Waals surface area contributed by atoms with E-state index in [0.717, 1.165) is 34.2 Å². The topological polar surface area (TPSA) is 21.7 Å². The zero-order chi connectivity index (χ0) is 36.5. The van der Waals surface area contributed by atoms with Gasteiger partial charge in [0, 0.05) is 43.2 Å². The molecule has 12 rings (SSSR count). The fraction of sp³-hybridized carbons (Fsp3) is 0.160. The molecule has 3 aliphatic heterocycles. The maximum Gasteiger partial charge on any atom is 0.202 e. The number of hydrogen-bond donors (Lipinski definition) is 0. The lowest BCUT2D eigenvalue weighted by molar-refractivity contribution is 0.447. The second-order valence-corrected chi connectivity index (χ2v) is 20.6. The number of hydrogen-bond acceptors (Lipinski definition) is 3. The molecule has 54 heavy (non-hydrogen) atoms. The van der Waals surface area contributed by atoms with E-state index in [-0.39, 0.29) is 10.8 Å². The van der Waals surface area contributed by atoms with Crippen LogP contribution >= 0.6 is 0 Å². The molecule has 0 spiro atoms. The highest BCUT2D eigenvalue weighted by molar-refractivity contribution is 7.23. The number of anilines is 3. The molecule has 3 nitrogen and oxygen atoms in total. The molecular formula is C50H39NO2Si. The summed E-state index contributed by atoms with van der Waals surface area (Å²) in [5, 5.41) is 5.25. The molecule has 0 radical (unpaired) electrons. The van der Waals surface area contributed by atoms with Crippen molar-refractivity contribution in [1.29, 1.82) is 0 Å². The molecule has 0 bridgehead atoms. The van der Waals surface area contributed by atoms with Gasteiger partial charge in [0.05, 0.1) is 11.4 Å². The van der Waals surface area contributed by atoms with Gasteiger partial charge in [0.1, 0.15) is 23.0 Å². The number of fused-ring (bicyclic) bond motifs is 8. The van der Waals surface area contributed by atoms with Crippen LogP contribution in [-0.2, 0) is 10.8 Å². The Kier molecular flexibility index (Phi) is 5.56. The molecule has 7 aromatic rings. The van der Waals surface area contributed by atoms with Crippen LogP contribution in [0, 0.1) is 13.8 Å². The van der Waals surface area contributed by atoms with Gasteiger partial charge in [-0.05, 0) is 94.4 Å². The van der Waals surface area contributed by atoms with Gasteiger partial charge in [-0.1, -0.05) is 124 Å². The summed E-state index contributed by atoms with van der Waals surface area (Å²) < 4.78 is 15.0. The van der Waals surface area contributed by atoms with Crippen molar-refractivity contribution in [1.82, 2.24) is 0 Å². The molecule has 0 atom stereocenters. The lowest BCUT2D eigenvalue weighted by atomic mass is 9.81. The minimum Gasteiger partial charge on any atom is -0.457 e. The van der Waals surface area contributed by atoms with Gasteiger partial charge in [0.25, 0.3) is 0 Å². The van der Waals surface area contributed by atoms with E-state index in [4.69, 9.17) is 9.47 Å². The smallest absolute Gasteiger partial charge is 0.202 e. The molecule has 3 heterocycles. The maximum atomic E-state index is 7.50. The molecule has 2 aliphatic carbocycles. The fourth-order valence-corrected chi connectivity index (χ4v) is 16.6. The van der Waals surface area contributed by atoms with Crippen molar-refractivity contribution < 1.29 is 9.47 Å². The van der Waals surface area contributed by atoms with Gasteiger partial charge in [-0.15, -0.1) is 0 Å². The number of ether oxygens (including phenoxy) is 2. The van der Waals surface area contributed by atoms with Gasteiger partial charge in [0.2, 0.25) is 8.07 Å². The van der Waals surface area contributed by atoms with E-state index < -0.39 is 8.07 Å². The van der Waals surface area contributed by atoms with Gasteiger partial charge in [-0.25, -0.2) is 0 Å². The Balaban J connectivity index is 1.35. The molecule has 0 saturated heterocycles. The van der Waals surface area contributed by atoms with Crippen LogP contribution in [-0.4, -0.2) is 8.07 Å². The summed E-state index contributed by atoms with van der Waals surface area (Å²) in [6, 6.07) is 48.0. The molecular weight excluding hydrogens is 675 g/mol. The molecule has 0 amide bonds. The summed E-state index contributed by atoms with van der Waals surface area (Å²) in [6.45, 7) is 13.9. The summed E-state index contributed by atoms with van der Waals surface area (Å²) in [5.41, 5.74) is 15.8. The average Bonchev–Trinajstić information content (AvgIpc) is 3.55. The van der Waals surface area contributed by atoms with Gasteiger partial charge in [0.15, 0.2) is 0 Å². The first kappa shape index (κ1) is 30.6. The number of benzene rings is 7. The lowest BCUT2D eigenvalue weighted by Crippen LogP contribution is -2.80. The summed E-state index contributed by atoms with van der Waals surface area (Å²) >= 11 is 0. The third-order valence-corrected chi connectivity index (χ3v) is 18.2. The van der Waals surface area contributed by atoms with Gasteiger partial charge in [-0.3, -0.25) is 0 Å². The Morgan fingerprint density at radius 1 is 0.481 bits per heavy atom. The van der Waals surface area contributed by atoms with Crippen molar-refractivity contribution in [2.75, 3.05) is 4.90 Å². The Morgan fingerprint density at radius 3 is 1.48 bits per heavy atom. The highest BCUT2D eigenvalue weighted by Crippen LogP contribution is 2.61. The highest BCUT2D eigenvalue weighted by Gasteiger charge is 2.62. The van der Waals surface area contributed by atoms with Crippen LogP contribution in [0.15, 0.2) is 127 Å². The van der Waals surface area contributed by atoms with Crippen molar-refractivity contribution in [3.05, 3.63) is 161 Å². The number of rotatable bonds is 2. The second kappa shape index (κ2) is 9.82. The molecule has 0 aromatic heterocycles. The van der Waals surface area contributed by atoms with Crippen molar-refractivity contribution in [3.8, 4) is 45.3 Å². The SMILES string of the molecule is Cc1ccc(N2c3cc4c(c5c3[Si]3(c6ccccc6)c6c(cc(C)cc6Oc6c7c(cc2c63)-c2ccccc2C7(C)C)O5)C(C)(C)c2ccccc2-4)cc1. The highest BCUT2D eigenvalue weighted by atomic mass is 28.3. The zero-order valence-corrected chi connectivity index (χ0v) is 32.4. The van der Waals surface area contributed by atoms with Crippen molar-refractivity contribution in [3.63, 3.8) is 0 Å². The Hall–Kier alpha value is -5.84. The molecule has 5 aliphatic rings. The predicted octanol–water partition coefficient (Wildman–Crippen LogP) is 10.3. The Morgan fingerprint density at radius 2 is 0.963 bits per heavy atom. The van der Waals surface area contributed by atoms with Crippen LogP contribution in [0.3, 0.4) is 0 Å². The summed E-state index contributed by atoms with van der Waals surface area (Å²) in [5.74, 6) is 3.92. The maximum absolute atomic E-state index is 7.50.